The fraction of sp³-hybridized carbons (Fsp3) is 0.455. The molecule has 76 valence electrons. The van der Waals surface area contributed by atoms with Gasteiger partial charge in [-0.1, -0.05) is 18.2 Å². The SMILES string of the molecule is NC(C1CC1)C(O)c1ccccc1F. The van der Waals surface area contributed by atoms with E-state index in [1.807, 2.05) is 0 Å². The monoisotopic (exact) mass is 195 g/mol. The molecule has 1 saturated carbocycles. The summed E-state index contributed by atoms with van der Waals surface area (Å²) in [6.45, 7) is 0. The molecule has 2 rings (SSSR count). The molecule has 1 aromatic rings. The molecular formula is C11H14FNO. The van der Waals surface area contributed by atoms with Gasteiger partial charge in [-0.3, -0.25) is 0 Å². The van der Waals surface area contributed by atoms with Crippen LogP contribution in [0.25, 0.3) is 0 Å². The van der Waals surface area contributed by atoms with E-state index in [2.05, 4.69) is 0 Å². The number of aliphatic hydroxyl groups excluding tert-OH is 1. The quantitative estimate of drug-likeness (QED) is 0.769. The van der Waals surface area contributed by atoms with E-state index < -0.39 is 6.10 Å². The van der Waals surface area contributed by atoms with Gasteiger partial charge in [0.1, 0.15) is 5.82 Å². The number of rotatable bonds is 3. The largest absolute Gasteiger partial charge is 0.387 e. The first-order valence-electron chi connectivity index (χ1n) is 4.88. The number of benzene rings is 1. The van der Waals surface area contributed by atoms with Crippen LogP contribution < -0.4 is 5.73 Å². The molecular weight excluding hydrogens is 181 g/mol. The smallest absolute Gasteiger partial charge is 0.129 e. The minimum Gasteiger partial charge on any atom is -0.387 e. The molecule has 1 aliphatic rings. The van der Waals surface area contributed by atoms with Crippen LogP contribution in [0.3, 0.4) is 0 Å². The molecule has 0 aliphatic heterocycles. The first kappa shape index (κ1) is 9.62. The van der Waals surface area contributed by atoms with Crippen LogP contribution in [-0.4, -0.2) is 11.1 Å². The Morgan fingerprint density at radius 3 is 2.57 bits per heavy atom. The highest BCUT2D eigenvalue weighted by Gasteiger charge is 2.34. The lowest BCUT2D eigenvalue weighted by Gasteiger charge is -2.18. The lowest BCUT2D eigenvalue weighted by Crippen LogP contribution is -2.30. The molecule has 0 aromatic heterocycles. The van der Waals surface area contributed by atoms with Crippen LogP contribution in [0.2, 0.25) is 0 Å². The number of halogens is 1. The molecule has 0 radical (unpaired) electrons. The maximum Gasteiger partial charge on any atom is 0.129 e. The van der Waals surface area contributed by atoms with E-state index in [-0.39, 0.29) is 11.9 Å². The van der Waals surface area contributed by atoms with E-state index in [1.54, 1.807) is 18.2 Å². The molecule has 2 nitrogen and oxygen atoms in total. The topological polar surface area (TPSA) is 46.2 Å². The average molecular weight is 195 g/mol. The zero-order chi connectivity index (χ0) is 10.1. The van der Waals surface area contributed by atoms with Crippen molar-refractivity contribution in [3.05, 3.63) is 35.6 Å². The number of nitrogens with two attached hydrogens (primary N) is 1. The Hall–Kier alpha value is -0.930. The number of hydrogen-bond donors (Lipinski definition) is 2. The second kappa shape index (κ2) is 3.67. The van der Waals surface area contributed by atoms with E-state index in [0.29, 0.717) is 11.5 Å². The summed E-state index contributed by atoms with van der Waals surface area (Å²) in [6.07, 6.45) is 1.23. The summed E-state index contributed by atoms with van der Waals surface area (Å²) in [5, 5.41) is 9.82. The summed E-state index contributed by atoms with van der Waals surface area (Å²) in [4.78, 5) is 0. The second-order valence-corrected chi connectivity index (χ2v) is 3.88. The maximum atomic E-state index is 13.3. The Morgan fingerprint density at radius 2 is 2.00 bits per heavy atom. The fourth-order valence-corrected chi connectivity index (χ4v) is 1.66. The van der Waals surface area contributed by atoms with E-state index in [4.69, 9.17) is 5.73 Å². The molecule has 2 atom stereocenters. The van der Waals surface area contributed by atoms with Crippen molar-refractivity contribution in [2.24, 2.45) is 11.7 Å². The summed E-state index contributed by atoms with van der Waals surface area (Å²) in [5.74, 6) is -0.0132. The molecule has 1 aromatic carbocycles. The van der Waals surface area contributed by atoms with Gasteiger partial charge in [-0.25, -0.2) is 4.39 Å². The van der Waals surface area contributed by atoms with Crippen LogP contribution in [-0.2, 0) is 0 Å². The summed E-state index contributed by atoms with van der Waals surface area (Å²) in [6, 6.07) is 5.92. The molecule has 3 N–H and O–H groups in total. The third-order valence-electron chi connectivity index (χ3n) is 2.75. The van der Waals surface area contributed by atoms with Gasteiger partial charge in [0.2, 0.25) is 0 Å². The summed E-state index contributed by atoms with van der Waals surface area (Å²) < 4.78 is 13.3. The van der Waals surface area contributed by atoms with Gasteiger partial charge in [0.05, 0.1) is 6.10 Å². The van der Waals surface area contributed by atoms with Crippen molar-refractivity contribution in [3.63, 3.8) is 0 Å². The molecule has 1 fully saturated rings. The van der Waals surface area contributed by atoms with Crippen LogP contribution in [0.1, 0.15) is 24.5 Å². The Bertz CT molecular complexity index is 325. The lowest BCUT2D eigenvalue weighted by atomic mass is 9.99. The molecule has 0 spiro atoms. The molecule has 14 heavy (non-hydrogen) atoms. The number of aliphatic hydroxyl groups is 1. The lowest BCUT2D eigenvalue weighted by molar-refractivity contribution is 0.133. The van der Waals surface area contributed by atoms with Gasteiger partial charge in [-0.15, -0.1) is 0 Å². The number of hydrogen-bond acceptors (Lipinski definition) is 2. The molecule has 2 unspecified atom stereocenters. The Labute approximate surface area is 82.5 Å². The van der Waals surface area contributed by atoms with Crippen LogP contribution in [0.15, 0.2) is 24.3 Å². The van der Waals surface area contributed by atoms with E-state index in [0.717, 1.165) is 12.8 Å². The van der Waals surface area contributed by atoms with Crippen molar-refractivity contribution in [3.8, 4) is 0 Å². The molecule has 0 heterocycles. The van der Waals surface area contributed by atoms with Crippen LogP contribution in [0.5, 0.6) is 0 Å². The standard InChI is InChI=1S/C11H14FNO/c12-9-4-2-1-3-8(9)11(14)10(13)7-5-6-7/h1-4,7,10-11,14H,5-6,13H2. The van der Waals surface area contributed by atoms with E-state index >= 15 is 0 Å². The average Bonchev–Trinajstić information content (AvgIpc) is 3.00. The van der Waals surface area contributed by atoms with Crippen LogP contribution in [0.4, 0.5) is 4.39 Å². The van der Waals surface area contributed by atoms with Crippen LogP contribution in [0, 0.1) is 11.7 Å². The Kier molecular flexibility index (Phi) is 2.52. The molecule has 1 aliphatic carbocycles. The minimum absolute atomic E-state index is 0.312. The van der Waals surface area contributed by atoms with Crippen molar-refractivity contribution in [2.45, 2.75) is 25.0 Å². The van der Waals surface area contributed by atoms with Gasteiger partial charge in [-0.05, 0) is 24.8 Å². The van der Waals surface area contributed by atoms with E-state index in [9.17, 15) is 9.50 Å². The minimum atomic E-state index is -0.872. The van der Waals surface area contributed by atoms with Crippen molar-refractivity contribution < 1.29 is 9.50 Å². The Morgan fingerprint density at radius 1 is 1.36 bits per heavy atom. The third-order valence-corrected chi connectivity index (χ3v) is 2.75. The normalized spacial score (nSPS) is 20.5. The first-order chi connectivity index (χ1) is 6.70. The first-order valence-corrected chi connectivity index (χ1v) is 4.88. The molecule has 0 amide bonds. The predicted molar refractivity (Wildman–Crippen MR) is 52.1 cm³/mol. The summed E-state index contributed by atoms with van der Waals surface area (Å²) >= 11 is 0. The van der Waals surface area contributed by atoms with Crippen LogP contribution >= 0.6 is 0 Å². The zero-order valence-corrected chi connectivity index (χ0v) is 7.86. The van der Waals surface area contributed by atoms with Crippen molar-refractivity contribution in [2.75, 3.05) is 0 Å². The highest BCUT2D eigenvalue weighted by molar-refractivity contribution is 5.21. The van der Waals surface area contributed by atoms with Gasteiger partial charge >= 0.3 is 0 Å². The molecule has 0 bridgehead atoms. The van der Waals surface area contributed by atoms with Crippen molar-refractivity contribution in [1.82, 2.24) is 0 Å². The third kappa shape index (κ3) is 1.79. The van der Waals surface area contributed by atoms with Crippen molar-refractivity contribution in [1.29, 1.82) is 0 Å². The van der Waals surface area contributed by atoms with Gasteiger partial charge in [-0.2, -0.15) is 0 Å². The van der Waals surface area contributed by atoms with E-state index in [1.165, 1.54) is 6.07 Å². The highest BCUT2D eigenvalue weighted by Crippen LogP contribution is 2.37. The van der Waals surface area contributed by atoms with Crippen molar-refractivity contribution >= 4 is 0 Å². The van der Waals surface area contributed by atoms with Gasteiger partial charge in [0, 0.05) is 11.6 Å². The molecule has 3 heteroatoms. The van der Waals surface area contributed by atoms with Gasteiger partial charge < -0.3 is 10.8 Å². The Balaban J connectivity index is 2.17. The summed E-state index contributed by atoms with van der Waals surface area (Å²) in [5.41, 5.74) is 6.12. The summed E-state index contributed by atoms with van der Waals surface area (Å²) in [7, 11) is 0. The zero-order valence-electron chi connectivity index (χ0n) is 7.86. The predicted octanol–water partition coefficient (Wildman–Crippen LogP) is 1.60. The van der Waals surface area contributed by atoms with Gasteiger partial charge in [0.25, 0.3) is 0 Å². The molecule has 0 saturated heterocycles. The highest BCUT2D eigenvalue weighted by atomic mass is 19.1. The fourth-order valence-electron chi connectivity index (χ4n) is 1.66. The van der Waals surface area contributed by atoms with Gasteiger partial charge in [0.15, 0.2) is 0 Å². The maximum absolute atomic E-state index is 13.3. The second-order valence-electron chi connectivity index (χ2n) is 3.88.